The zero-order valence-corrected chi connectivity index (χ0v) is 28.0. The van der Waals surface area contributed by atoms with E-state index < -0.39 is 313 Å². The van der Waals surface area contributed by atoms with Crippen LogP contribution in [-0.2, 0) is 0 Å². The van der Waals surface area contributed by atoms with Gasteiger partial charge in [0.05, 0.1) is 61.8 Å². The monoisotopic (exact) mass is 752 g/mol. The average molecular weight is 752 g/mol. The van der Waals surface area contributed by atoms with Gasteiger partial charge in [-0.25, -0.2) is 0 Å². The van der Waals surface area contributed by atoms with Gasteiger partial charge in [0.1, 0.15) is 0 Å². The van der Waals surface area contributed by atoms with E-state index in [1.54, 1.807) is 0 Å². The number of hydrogen-bond acceptors (Lipinski definition) is 1. The predicted molar refractivity (Wildman–Crippen MR) is 237 cm³/mol. The summed E-state index contributed by atoms with van der Waals surface area (Å²) in [5.74, 6) is 0. The molecule has 9 aromatic carbocycles. The van der Waals surface area contributed by atoms with Crippen molar-refractivity contribution >= 4 is 38.9 Å². The van der Waals surface area contributed by atoms with Crippen LogP contribution >= 0.6 is 0 Å². The summed E-state index contributed by atoms with van der Waals surface area (Å²) in [6.07, 6.45) is 0. The molecule has 0 saturated heterocycles. The second kappa shape index (κ2) is 14.4. The van der Waals surface area contributed by atoms with Crippen LogP contribution in [-0.4, -0.2) is 4.57 Å². The van der Waals surface area contributed by atoms with Crippen molar-refractivity contribution in [3.05, 3.63) is 230 Å². The molecule has 0 N–H and O–H groups in total. The predicted octanol–water partition coefficient (Wildman–Crippen LogP) is 14.9. The highest BCUT2D eigenvalue weighted by Gasteiger charge is 2.17. The molecule has 0 amide bonds. The summed E-state index contributed by atoms with van der Waals surface area (Å²) in [7, 11) is 0. The van der Waals surface area contributed by atoms with Gasteiger partial charge in [-0.2, -0.15) is 0 Å². The second-order valence-electron chi connectivity index (χ2n) is 11.3. The standard InChI is InChI=1S/C54H38N2/c1-4-14-39(15-5-1)41-26-32-47(33-27-41)55(48-34-28-42(29-35-48)40-16-6-2-7-17-40)49-36-30-43(31-37-49)44-18-12-19-45(38-44)50-23-13-25-53-54(50)51-22-10-11-24-52(51)56(53)46-20-8-3-9-21-46/h1-38H/i1D,2D,3D,4D,5D,6D,7D,8D,9D,10D,11D,12D,13D,14D,15D,16D,17D,18D,19D,20D,21D,23D,24D,25D,26D,27D,28D,29D,30D,31D,32D,33D,34D,35D,36D,37D,38D. The number of fused-ring (bicyclic) bond motifs is 3. The molecule has 1 aromatic heterocycles. The molecule has 0 radical (unpaired) electrons. The van der Waals surface area contributed by atoms with Gasteiger partial charge in [0.15, 0.2) is 0 Å². The Labute approximate surface area is 379 Å². The van der Waals surface area contributed by atoms with E-state index in [0.29, 0.717) is 0 Å². The number of para-hydroxylation sites is 2. The van der Waals surface area contributed by atoms with Crippen LogP contribution in [0.5, 0.6) is 0 Å². The molecular weight excluding hydrogens is 677 g/mol. The van der Waals surface area contributed by atoms with Crippen LogP contribution in [0.2, 0.25) is 0 Å². The van der Waals surface area contributed by atoms with Gasteiger partial charge in [0, 0.05) is 33.5 Å². The van der Waals surface area contributed by atoms with Gasteiger partial charge >= 0.3 is 0 Å². The Morgan fingerprint density at radius 1 is 0.339 bits per heavy atom. The molecular formula is C54H38N2. The SMILES string of the molecule is [2H]c1cc2c3c(-c4c([2H])c([2H])c([2H])c(-c5c([2H])c([2H])c(N(c6c([2H])c([2H])c(-c7c([2H])c([2H])c([2H])c([2H])c7[2H])c([2H])c6[2H])c6c([2H])c([2H])c(-c7c([2H])c([2H])c([2H])c([2H])c7[2H])c([2H])c6[2H])c([2H])c5[2H])c4[2H])c([2H])c([2H])c([2H])c3n(-c3c([2H])c([2H])c([2H])c([2H])c3[2H])c2c([2H])c1[2H]. The molecule has 10 aromatic rings. The Balaban J connectivity index is 1.35. The minimum absolute atomic E-state index is 0.219. The van der Waals surface area contributed by atoms with Crippen molar-refractivity contribution in [1.29, 1.82) is 0 Å². The Kier molecular flexibility index (Phi) is 3.17. The highest BCUT2D eigenvalue weighted by molar-refractivity contribution is 6.15. The number of rotatable bonds is 8. The summed E-state index contributed by atoms with van der Waals surface area (Å²) in [5.41, 5.74) is -13.3. The first-order valence-electron chi connectivity index (χ1n) is 34.7. The van der Waals surface area contributed by atoms with E-state index >= 15 is 0 Å². The lowest BCUT2D eigenvalue weighted by Crippen LogP contribution is -2.09. The van der Waals surface area contributed by atoms with Crippen LogP contribution in [0.3, 0.4) is 0 Å². The van der Waals surface area contributed by atoms with Gasteiger partial charge in [-0.15, -0.1) is 0 Å². The molecule has 0 bridgehead atoms. The van der Waals surface area contributed by atoms with Crippen molar-refractivity contribution in [1.82, 2.24) is 4.57 Å². The Morgan fingerprint density at radius 2 is 0.768 bits per heavy atom. The number of aromatic nitrogens is 1. The zero-order chi connectivity index (χ0) is 69.5. The van der Waals surface area contributed by atoms with E-state index in [9.17, 15) is 23.3 Å². The van der Waals surface area contributed by atoms with Crippen molar-refractivity contribution in [2.45, 2.75) is 0 Å². The summed E-state index contributed by atoms with van der Waals surface area (Å²) < 4.78 is 333. The van der Waals surface area contributed by atoms with E-state index in [-0.39, 0.29) is 4.90 Å². The number of nitrogens with zero attached hydrogens (tertiary/aromatic N) is 2. The number of anilines is 3. The maximum atomic E-state index is 9.85. The maximum absolute atomic E-state index is 9.85. The van der Waals surface area contributed by atoms with E-state index in [1.807, 2.05) is 0 Å². The molecule has 2 heteroatoms. The van der Waals surface area contributed by atoms with Crippen molar-refractivity contribution in [2.75, 3.05) is 4.90 Å². The highest BCUT2D eigenvalue weighted by atomic mass is 15.1. The van der Waals surface area contributed by atoms with Gasteiger partial charge < -0.3 is 9.47 Å². The summed E-state index contributed by atoms with van der Waals surface area (Å²) in [5, 5.41) is -0.975. The number of hydrogen-bond donors (Lipinski definition) is 0. The molecule has 0 saturated carbocycles. The third kappa shape index (κ3) is 6.14. The average Bonchev–Trinajstić information content (AvgIpc) is 1.64. The topological polar surface area (TPSA) is 8.17 Å². The third-order valence-corrected chi connectivity index (χ3v) is 8.14. The molecule has 0 aliphatic heterocycles. The van der Waals surface area contributed by atoms with Crippen molar-refractivity contribution in [3.63, 3.8) is 0 Å². The van der Waals surface area contributed by atoms with Gasteiger partial charge in [-0.05, 0) is 111 Å². The zero-order valence-electron chi connectivity index (χ0n) is 65.0. The summed E-state index contributed by atoms with van der Waals surface area (Å²) in [6, 6.07) is -39.7. The van der Waals surface area contributed by atoms with Gasteiger partial charge in [-0.1, -0.05) is 163 Å². The molecule has 1 heterocycles. The van der Waals surface area contributed by atoms with Gasteiger partial charge in [0.25, 0.3) is 0 Å². The first-order valence-corrected chi connectivity index (χ1v) is 16.2. The summed E-state index contributed by atoms with van der Waals surface area (Å²) in [6.45, 7) is 0. The maximum Gasteiger partial charge on any atom is 0.0645 e. The molecule has 0 atom stereocenters. The van der Waals surface area contributed by atoms with Crippen molar-refractivity contribution < 1.29 is 50.7 Å². The lowest BCUT2D eigenvalue weighted by atomic mass is 9.95. The molecule has 2 nitrogen and oxygen atoms in total. The third-order valence-electron chi connectivity index (χ3n) is 8.14. The fraction of sp³-hybridized carbons (Fsp3) is 0. The van der Waals surface area contributed by atoms with Crippen molar-refractivity contribution in [3.8, 4) is 50.2 Å². The van der Waals surface area contributed by atoms with Crippen LogP contribution in [0.1, 0.15) is 50.7 Å². The molecule has 0 spiro atoms. The second-order valence-corrected chi connectivity index (χ2v) is 11.3. The van der Waals surface area contributed by atoms with Crippen LogP contribution < -0.4 is 4.90 Å². The van der Waals surface area contributed by atoms with E-state index in [1.165, 1.54) is 0 Å². The Bertz CT molecular complexity index is 4820. The smallest absolute Gasteiger partial charge is 0.0645 e. The normalized spacial score (nSPS) is 20.5. The molecule has 0 fully saturated rings. The van der Waals surface area contributed by atoms with Crippen molar-refractivity contribution in [2.24, 2.45) is 0 Å². The lowest BCUT2D eigenvalue weighted by molar-refractivity contribution is 1.18. The van der Waals surface area contributed by atoms with Gasteiger partial charge in [-0.3, -0.25) is 0 Å². The fourth-order valence-corrected chi connectivity index (χ4v) is 5.72. The molecule has 56 heavy (non-hydrogen) atoms. The quantitative estimate of drug-likeness (QED) is 0.150. The summed E-state index contributed by atoms with van der Waals surface area (Å²) >= 11 is 0. The first-order chi connectivity index (χ1) is 43.2. The Morgan fingerprint density at radius 3 is 1.34 bits per heavy atom. The van der Waals surface area contributed by atoms with Gasteiger partial charge in [0.2, 0.25) is 0 Å². The van der Waals surface area contributed by atoms with Crippen LogP contribution in [0.25, 0.3) is 72.0 Å². The minimum atomic E-state index is -1.42. The highest BCUT2D eigenvalue weighted by Crippen LogP contribution is 2.41. The first kappa shape index (κ1) is 12.3. The number of benzene rings is 9. The molecule has 264 valence electrons. The lowest BCUT2D eigenvalue weighted by Gasteiger charge is -2.26. The largest absolute Gasteiger partial charge is 0.311 e. The van der Waals surface area contributed by atoms with Crippen LogP contribution in [0, 0.1) is 0 Å². The molecule has 10 rings (SSSR count). The summed E-state index contributed by atoms with van der Waals surface area (Å²) in [4.78, 5) is 0.219. The minimum Gasteiger partial charge on any atom is -0.311 e. The fourth-order valence-electron chi connectivity index (χ4n) is 5.72. The Hall–Kier alpha value is -7.42. The van der Waals surface area contributed by atoms with E-state index in [4.69, 9.17) is 27.4 Å². The van der Waals surface area contributed by atoms with Crippen LogP contribution in [0.15, 0.2) is 230 Å². The van der Waals surface area contributed by atoms with Crippen LogP contribution in [0.4, 0.5) is 17.1 Å². The molecule has 0 unspecified atom stereocenters. The molecule has 0 aliphatic rings. The van der Waals surface area contributed by atoms with E-state index in [2.05, 4.69) is 0 Å². The van der Waals surface area contributed by atoms with E-state index in [0.717, 1.165) is 10.6 Å². The molecule has 0 aliphatic carbocycles.